The predicted molar refractivity (Wildman–Crippen MR) is 130 cm³/mol. The minimum Gasteiger partial charge on any atom is -0.247 e. The highest BCUT2D eigenvalue weighted by Crippen LogP contribution is 2.16. The largest absolute Gasteiger partial charge is 0.247 e. The first-order chi connectivity index (χ1) is 15.2. The average molecular weight is 415 g/mol. The molecule has 0 amide bonds. The van der Waals surface area contributed by atoms with Crippen molar-refractivity contribution in [1.29, 1.82) is 0 Å². The van der Waals surface area contributed by atoms with Crippen molar-refractivity contribution in [3.05, 3.63) is 107 Å². The Morgan fingerprint density at radius 3 is 2.26 bits per heavy atom. The van der Waals surface area contributed by atoms with E-state index in [0.717, 1.165) is 47.2 Å². The molecule has 0 aliphatic heterocycles. The van der Waals surface area contributed by atoms with Gasteiger partial charge in [-0.25, -0.2) is 4.39 Å². The maximum atomic E-state index is 14.1. The van der Waals surface area contributed by atoms with Gasteiger partial charge in [0.1, 0.15) is 11.9 Å². The van der Waals surface area contributed by atoms with Crippen LogP contribution in [-0.4, -0.2) is 18.1 Å². The van der Waals surface area contributed by atoms with Crippen molar-refractivity contribution in [2.45, 2.75) is 52.1 Å². The monoisotopic (exact) mass is 414 g/mol. The minimum atomic E-state index is -0.781. The Bertz CT molecular complexity index is 991. The van der Waals surface area contributed by atoms with Gasteiger partial charge in [-0.15, -0.1) is 5.10 Å². The maximum Gasteiger partial charge on any atom is 0.104 e. The van der Waals surface area contributed by atoms with Crippen LogP contribution in [0.1, 0.15) is 60.9 Å². The summed E-state index contributed by atoms with van der Waals surface area (Å²) in [5.41, 5.74) is 6.12. The highest BCUT2D eigenvalue weighted by molar-refractivity contribution is 6.13. The summed E-state index contributed by atoms with van der Waals surface area (Å²) in [6.45, 7) is 4.23. The van der Waals surface area contributed by atoms with Crippen LogP contribution < -0.4 is 0 Å². The summed E-state index contributed by atoms with van der Waals surface area (Å²) >= 11 is 0. The topological polar surface area (TPSA) is 24.7 Å². The number of nitrogens with zero attached hydrogens (tertiary/aromatic N) is 2. The Kier molecular flexibility index (Phi) is 8.71. The number of halogens is 1. The summed E-state index contributed by atoms with van der Waals surface area (Å²) in [5.74, 6) is 0. The highest BCUT2D eigenvalue weighted by Gasteiger charge is 2.10. The van der Waals surface area contributed by atoms with Crippen LogP contribution in [0.3, 0.4) is 0 Å². The van der Waals surface area contributed by atoms with Gasteiger partial charge in [0.05, 0.1) is 6.21 Å². The zero-order valence-corrected chi connectivity index (χ0v) is 18.5. The lowest BCUT2D eigenvalue weighted by Crippen LogP contribution is -2.06. The molecule has 0 fully saturated rings. The van der Waals surface area contributed by atoms with Crippen molar-refractivity contribution < 1.29 is 4.39 Å². The van der Waals surface area contributed by atoms with Crippen LogP contribution >= 0.6 is 0 Å². The van der Waals surface area contributed by atoms with Crippen LogP contribution in [0.25, 0.3) is 0 Å². The number of unbranched alkanes of at least 4 members (excludes halogenated alkanes) is 1. The Morgan fingerprint density at radius 1 is 0.871 bits per heavy atom. The first-order valence-corrected chi connectivity index (χ1v) is 11.2. The van der Waals surface area contributed by atoms with E-state index in [1.165, 1.54) is 5.56 Å². The smallest absolute Gasteiger partial charge is 0.104 e. The molecule has 1 unspecified atom stereocenters. The molecule has 0 bridgehead atoms. The van der Waals surface area contributed by atoms with E-state index in [4.69, 9.17) is 0 Å². The molecule has 1 atom stereocenters. The quantitative estimate of drug-likeness (QED) is 0.248. The third-order valence-corrected chi connectivity index (χ3v) is 5.39. The standard InChI is InChI=1S/C28H31FN2/c1-3-5-15-27(29)20-22-16-18-25(19-17-22)28(24-12-7-6-8-13-24)31-30-21-26-14-10-9-11-23(26)4-2/h6-14,16-19,21,27H,3-5,15,20H2,1-2H3. The fourth-order valence-electron chi connectivity index (χ4n) is 3.59. The third kappa shape index (κ3) is 6.71. The molecule has 0 N–H and O–H groups in total. The van der Waals surface area contributed by atoms with Crippen molar-refractivity contribution in [3.63, 3.8) is 0 Å². The van der Waals surface area contributed by atoms with Crippen LogP contribution in [0, 0.1) is 0 Å². The van der Waals surface area contributed by atoms with E-state index in [-0.39, 0.29) is 0 Å². The molecule has 0 aliphatic rings. The second-order valence-electron chi connectivity index (χ2n) is 7.75. The fraction of sp³-hybridized carbons (Fsp3) is 0.286. The van der Waals surface area contributed by atoms with Gasteiger partial charge in [-0.3, -0.25) is 0 Å². The summed E-state index contributed by atoms with van der Waals surface area (Å²) in [4.78, 5) is 0. The highest BCUT2D eigenvalue weighted by atomic mass is 19.1. The van der Waals surface area contributed by atoms with Gasteiger partial charge in [0.25, 0.3) is 0 Å². The van der Waals surface area contributed by atoms with E-state index in [2.05, 4.69) is 36.2 Å². The zero-order valence-electron chi connectivity index (χ0n) is 18.5. The van der Waals surface area contributed by atoms with Crippen molar-refractivity contribution in [1.82, 2.24) is 0 Å². The average Bonchev–Trinajstić information content (AvgIpc) is 2.82. The van der Waals surface area contributed by atoms with Gasteiger partial charge in [0.15, 0.2) is 0 Å². The summed E-state index contributed by atoms with van der Waals surface area (Å²) in [5, 5.41) is 8.99. The molecule has 0 saturated heterocycles. The number of rotatable bonds is 10. The second kappa shape index (κ2) is 11.9. The molecule has 0 aliphatic carbocycles. The van der Waals surface area contributed by atoms with E-state index in [9.17, 15) is 4.39 Å². The summed E-state index contributed by atoms with van der Waals surface area (Å²) in [6, 6.07) is 26.3. The normalized spacial score (nSPS) is 12.9. The minimum absolute atomic E-state index is 0.462. The molecule has 3 aromatic rings. The van der Waals surface area contributed by atoms with E-state index in [1.807, 2.05) is 72.9 Å². The number of hydrogen-bond donors (Lipinski definition) is 0. The molecular weight excluding hydrogens is 383 g/mol. The number of alkyl halides is 1. The SMILES string of the molecule is CCCCC(F)Cc1ccc(C(=NN=Cc2ccccc2CC)c2ccccc2)cc1. The molecule has 0 heterocycles. The number of benzene rings is 3. The lowest BCUT2D eigenvalue weighted by molar-refractivity contribution is 0.305. The molecular formula is C28H31FN2. The number of hydrogen-bond acceptors (Lipinski definition) is 2. The molecule has 0 saturated carbocycles. The molecule has 160 valence electrons. The van der Waals surface area contributed by atoms with Crippen LogP contribution in [0.5, 0.6) is 0 Å². The van der Waals surface area contributed by atoms with Crippen molar-refractivity contribution in [2.75, 3.05) is 0 Å². The maximum absolute atomic E-state index is 14.1. The first-order valence-electron chi connectivity index (χ1n) is 11.2. The van der Waals surface area contributed by atoms with Gasteiger partial charge in [-0.1, -0.05) is 106 Å². The molecule has 0 aromatic heterocycles. The van der Waals surface area contributed by atoms with Crippen LogP contribution in [-0.2, 0) is 12.8 Å². The zero-order chi connectivity index (χ0) is 21.9. The molecule has 3 rings (SSSR count). The van der Waals surface area contributed by atoms with Gasteiger partial charge < -0.3 is 0 Å². The van der Waals surface area contributed by atoms with E-state index in [0.29, 0.717) is 12.8 Å². The van der Waals surface area contributed by atoms with Gasteiger partial charge in [0, 0.05) is 17.5 Å². The van der Waals surface area contributed by atoms with E-state index in [1.54, 1.807) is 0 Å². The summed E-state index contributed by atoms with van der Waals surface area (Å²) < 4.78 is 14.1. The van der Waals surface area contributed by atoms with Gasteiger partial charge in [-0.05, 0) is 29.5 Å². The summed E-state index contributed by atoms with van der Waals surface area (Å²) in [6.07, 6.45) is 5.04. The Labute approximate surface area is 185 Å². The van der Waals surface area contributed by atoms with E-state index >= 15 is 0 Å². The van der Waals surface area contributed by atoms with Crippen molar-refractivity contribution in [3.8, 4) is 0 Å². The first kappa shape index (κ1) is 22.6. The predicted octanol–water partition coefficient (Wildman–Crippen LogP) is 7.19. The Morgan fingerprint density at radius 2 is 1.55 bits per heavy atom. The van der Waals surface area contributed by atoms with Crippen molar-refractivity contribution >= 4 is 11.9 Å². The van der Waals surface area contributed by atoms with E-state index < -0.39 is 6.17 Å². The van der Waals surface area contributed by atoms with Gasteiger partial charge in [0.2, 0.25) is 0 Å². The molecule has 3 aromatic carbocycles. The van der Waals surface area contributed by atoms with Crippen LogP contribution in [0.2, 0.25) is 0 Å². The second-order valence-corrected chi connectivity index (χ2v) is 7.75. The van der Waals surface area contributed by atoms with Gasteiger partial charge in [-0.2, -0.15) is 5.10 Å². The Hall–Kier alpha value is -3.07. The molecule has 3 heteroatoms. The van der Waals surface area contributed by atoms with Crippen LogP contribution in [0.4, 0.5) is 4.39 Å². The molecule has 0 radical (unpaired) electrons. The Balaban J connectivity index is 1.84. The molecule has 2 nitrogen and oxygen atoms in total. The van der Waals surface area contributed by atoms with Crippen molar-refractivity contribution in [2.24, 2.45) is 10.2 Å². The summed E-state index contributed by atoms with van der Waals surface area (Å²) in [7, 11) is 0. The fourth-order valence-corrected chi connectivity index (χ4v) is 3.59. The van der Waals surface area contributed by atoms with Gasteiger partial charge >= 0.3 is 0 Å². The lowest BCUT2D eigenvalue weighted by Gasteiger charge is -2.10. The third-order valence-electron chi connectivity index (χ3n) is 5.39. The van der Waals surface area contributed by atoms with Crippen LogP contribution in [0.15, 0.2) is 89.1 Å². The number of aryl methyl sites for hydroxylation is 1. The molecule has 0 spiro atoms. The molecule has 31 heavy (non-hydrogen) atoms. The lowest BCUT2D eigenvalue weighted by atomic mass is 9.99.